The Labute approximate surface area is 156 Å². The van der Waals surface area contributed by atoms with E-state index in [-0.39, 0.29) is 5.41 Å². The normalized spacial score (nSPS) is 19.2. The molecule has 0 saturated heterocycles. The maximum atomic E-state index is 5.56. The van der Waals surface area contributed by atoms with E-state index in [1.807, 2.05) is 6.07 Å². The van der Waals surface area contributed by atoms with Crippen molar-refractivity contribution in [1.82, 2.24) is 0 Å². The quantitative estimate of drug-likeness (QED) is 0.764. The lowest BCUT2D eigenvalue weighted by Crippen LogP contribution is -2.23. The zero-order chi connectivity index (χ0) is 18.1. The van der Waals surface area contributed by atoms with Gasteiger partial charge in [-0.25, -0.2) is 0 Å². The molecule has 1 unspecified atom stereocenters. The van der Waals surface area contributed by atoms with E-state index in [4.69, 9.17) is 9.47 Å². The molecule has 1 aliphatic carbocycles. The molecule has 2 aromatic carbocycles. The molecule has 0 radical (unpaired) electrons. The van der Waals surface area contributed by atoms with E-state index in [1.54, 1.807) is 0 Å². The Morgan fingerprint density at radius 1 is 0.962 bits per heavy atom. The standard InChI is InChI=1S/C23H27NO2/c1-23(2,3)17-9-11-18(12-10-17)24-20-7-5-4-6-19(20)16-8-13-21-22(14-16)26-15-25-21/h6,8-14,20,24H,4-5,7,15H2,1-3H3. The molecular weight excluding hydrogens is 322 g/mol. The first kappa shape index (κ1) is 17.0. The number of allylic oxidation sites excluding steroid dienone is 1. The Morgan fingerprint density at radius 3 is 2.50 bits per heavy atom. The maximum Gasteiger partial charge on any atom is 0.231 e. The molecule has 3 heteroatoms. The molecule has 3 nitrogen and oxygen atoms in total. The van der Waals surface area contributed by atoms with Crippen LogP contribution in [0.5, 0.6) is 11.5 Å². The van der Waals surface area contributed by atoms with Gasteiger partial charge < -0.3 is 14.8 Å². The van der Waals surface area contributed by atoms with Crippen molar-refractivity contribution in [2.75, 3.05) is 12.1 Å². The predicted molar refractivity (Wildman–Crippen MR) is 107 cm³/mol. The molecule has 1 aliphatic heterocycles. The molecule has 0 bridgehead atoms. The van der Waals surface area contributed by atoms with Crippen LogP contribution in [0.25, 0.3) is 5.57 Å². The van der Waals surface area contributed by atoms with E-state index in [0.717, 1.165) is 24.3 Å². The minimum Gasteiger partial charge on any atom is -0.454 e. The van der Waals surface area contributed by atoms with Crippen molar-refractivity contribution in [2.24, 2.45) is 0 Å². The highest BCUT2D eigenvalue weighted by atomic mass is 16.7. The Balaban J connectivity index is 1.55. The molecule has 0 fully saturated rings. The molecule has 1 N–H and O–H groups in total. The average Bonchev–Trinajstić information content (AvgIpc) is 3.09. The Bertz CT molecular complexity index is 815. The molecule has 26 heavy (non-hydrogen) atoms. The Kier molecular flexibility index (Phi) is 4.39. The summed E-state index contributed by atoms with van der Waals surface area (Å²) in [5, 5.41) is 3.74. The van der Waals surface area contributed by atoms with E-state index in [0.29, 0.717) is 12.8 Å². The van der Waals surface area contributed by atoms with Crippen molar-refractivity contribution in [3.8, 4) is 11.5 Å². The summed E-state index contributed by atoms with van der Waals surface area (Å²) in [5.74, 6) is 1.69. The lowest BCUT2D eigenvalue weighted by Gasteiger charge is -2.27. The van der Waals surface area contributed by atoms with E-state index in [9.17, 15) is 0 Å². The minimum atomic E-state index is 0.181. The van der Waals surface area contributed by atoms with Crippen molar-refractivity contribution in [3.05, 3.63) is 59.7 Å². The summed E-state index contributed by atoms with van der Waals surface area (Å²) in [6.45, 7) is 7.06. The predicted octanol–water partition coefficient (Wildman–Crippen LogP) is 5.76. The van der Waals surface area contributed by atoms with Gasteiger partial charge >= 0.3 is 0 Å². The first-order valence-corrected chi connectivity index (χ1v) is 9.48. The van der Waals surface area contributed by atoms with E-state index in [1.165, 1.54) is 28.8 Å². The van der Waals surface area contributed by atoms with Gasteiger partial charge in [0.25, 0.3) is 0 Å². The summed E-state index contributed by atoms with van der Waals surface area (Å²) in [4.78, 5) is 0. The number of hydrogen-bond acceptors (Lipinski definition) is 3. The number of fused-ring (bicyclic) bond motifs is 1. The molecule has 0 aromatic heterocycles. The minimum absolute atomic E-state index is 0.181. The third kappa shape index (κ3) is 3.44. The smallest absolute Gasteiger partial charge is 0.231 e. The van der Waals surface area contributed by atoms with Gasteiger partial charge in [-0.1, -0.05) is 45.0 Å². The number of rotatable bonds is 3. The molecule has 4 rings (SSSR count). The van der Waals surface area contributed by atoms with Crippen LogP contribution in [0.1, 0.15) is 51.2 Å². The molecule has 136 valence electrons. The highest BCUT2D eigenvalue weighted by Crippen LogP contribution is 2.37. The topological polar surface area (TPSA) is 30.5 Å². The van der Waals surface area contributed by atoms with E-state index >= 15 is 0 Å². The largest absolute Gasteiger partial charge is 0.454 e. The highest BCUT2D eigenvalue weighted by Gasteiger charge is 2.22. The Hall–Kier alpha value is -2.42. The van der Waals surface area contributed by atoms with Crippen molar-refractivity contribution in [3.63, 3.8) is 0 Å². The number of nitrogens with one attached hydrogen (secondary N) is 1. The van der Waals surface area contributed by atoms with Crippen LogP contribution >= 0.6 is 0 Å². The molecule has 2 aromatic rings. The first-order chi connectivity index (χ1) is 12.5. The van der Waals surface area contributed by atoms with E-state index < -0.39 is 0 Å². The fraction of sp³-hybridized carbons (Fsp3) is 0.391. The second-order valence-corrected chi connectivity index (χ2v) is 8.18. The van der Waals surface area contributed by atoms with Crippen molar-refractivity contribution in [1.29, 1.82) is 0 Å². The summed E-state index contributed by atoms with van der Waals surface area (Å²) in [7, 11) is 0. The lowest BCUT2D eigenvalue weighted by molar-refractivity contribution is 0.174. The fourth-order valence-corrected chi connectivity index (χ4v) is 3.69. The number of ether oxygens (including phenoxy) is 2. The van der Waals surface area contributed by atoms with Crippen LogP contribution in [-0.4, -0.2) is 12.8 Å². The summed E-state index contributed by atoms with van der Waals surface area (Å²) >= 11 is 0. The zero-order valence-electron chi connectivity index (χ0n) is 15.8. The summed E-state index contributed by atoms with van der Waals surface area (Å²) < 4.78 is 11.0. The van der Waals surface area contributed by atoms with Crippen LogP contribution < -0.4 is 14.8 Å². The van der Waals surface area contributed by atoms with Gasteiger partial charge in [-0.05, 0) is 65.6 Å². The van der Waals surface area contributed by atoms with Crippen molar-refractivity contribution >= 4 is 11.3 Å². The fourth-order valence-electron chi connectivity index (χ4n) is 3.69. The first-order valence-electron chi connectivity index (χ1n) is 9.48. The van der Waals surface area contributed by atoms with Crippen molar-refractivity contribution in [2.45, 2.75) is 51.5 Å². The third-order valence-corrected chi connectivity index (χ3v) is 5.23. The van der Waals surface area contributed by atoms with Crippen LogP contribution in [0.3, 0.4) is 0 Å². The lowest BCUT2D eigenvalue weighted by atomic mass is 9.86. The van der Waals surface area contributed by atoms with Crippen LogP contribution in [0.2, 0.25) is 0 Å². The van der Waals surface area contributed by atoms with Gasteiger partial charge in [0, 0.05) is 5.69 Å². The molecular formula is C23H27NO2. The Morgan fingerprint density at radius 2 is 1.73 bits per heavy atom. The SMILES string of the molecule is CC(C)(C)c1ccc(NC2CCCC=C2c2ccc3c(c2)OCO3)cc1. The molecule has 0 saturated carbocycles. The summed E-state index contributed by atoms with van der Waals surface area (Å²) in [6.07, 6.45) is 5.85. The van der Waals surface area contributed by atoms with Gasteiger partial charge in [-0.15, -0.1) is 0 Å². The third-order valence-electron chi connectivity index (χ3n) is 5.23. The van der Waals surface area contributed by atoms with Gasteiger partial charge in [0.15, 0.2) is 11.5 Å². The molecule has 2 aliphatic rings. The monoisotopic (exact) mass is 349 g/mol. The van der Waals surface area contributed by atoms with Crippen LogP contribution in [-0.2, 0) is 5.41 Å². The average molecular weight is 349 g/mol. The number of anilines is 1. The maximum absolute atomic E-state index is 5.56. The summed E-state index contributed by atoms with van der Waals surface area (Å²) in [6, 6.07) is 15.5. The van der Waals surface area contributed by atoms with Gasteiger partial charge in [0.2, 0.25) is 6.79 Å². The van der Waals surface area contributed by atoms with Crippen LogP contribution in [0, 0.1) is 0 Å². The second kappa shape index (κ2) is 6.71. The summed E-state index contributed by atoms with van der Waals surface area (Å²) in [5.41, 5.74) is 5.29. The molecule has 1 heterocycles. The molecule has 1 atom stereocenters. The van der Waals surface area contributed by atoms with Gasteiger partial charge in [-0.2, -0.15) is 0 Å². The van der Waals surface area contributed by atoms with Gasteiger partial charge in [0.05, 0.1) is 6.04 Å². The van der Waals surface area contributed by atoms with Crippen LogP contribution in [0.4, 0.5) is 5.69 Å². The zero-order valence-corrected chi connectivity index (χ0v) is 15.8. The van der Waals surface area contributed by atoms with Gasteiger partial charge in [0.1, 0.15) is 0 Å². The number of hydrogen-bond donors (Lipinski definition) is 1. The van der Waals surface area contributed by atoms with E-state index in [2.05, 4.69) is 68.6 Å². The highest BCUT2D eigenvalue weighted by molar-refractivity contribution is 5.75. The van der Waals surface area contributed by atoms with Crippen molar-refractivity contribution < 1.29 is 9.47 Å². The second-order valence-electron chi connectivity index (χ2n) is 8.18. The molecule has 0 amide bonds. The number of benzene rings is 2. The van der Waals surface area contributed by atoms with Gasteiger partial charge in [-0.3, -0.25) is 0 Å². The molecule has 0 spiro atoms. The van der Waals surface area contributed by atoms with Crippen LogP contribution in [0.15, 0.2) is 48.5 Å².